The van der Waals surface area contributed by atoms with Crippen molar-refractivity contribution < 1.29 is 9.53 Å². The number of aromatic nitrogens is 1. The molecule has 1 N–H and O–H groups in total. The van der Waals surface area contributed by atoms with Gasteiger partial charge in [0.2, 0.25) is 0 Å². The Bertz CT molecular complexity index is 1400. The molecule has 0 bridgehead atoms. The number of carbonyl (C=O) groups is 1. The number of hydrogen-bond donors (Lipinski definition) is 1. The number of hydrazone groups is 1. The average molecular weight is 528 g/mol. The van der Waals surface area contributed by atoms with Crippen molar-refractivity contribution in [1.82, 2.24) is 10.4 Å². The zero-order chi connectivity index (χ0) is 25.5. The minimum Gasteiger partial charge on any atom is -0.484 e. The molecule has 3 heterocycles. The number of ether oxygens (including phenoxy) is 1. The number of amides is 1. The normalized spacial score (nSPS) is 13.4. The lowest BCUT2D eigenvalue weighted by atomic mass is 10.0. The summed E-state index contributed by atoms with van der Waals surface area (Å²) in [5.74, 6) is 0.246. The summed E-state index contributed by atoms with van der Waals surface area (Å²) >= 11 is 3.24. The minimum atomic E-state index is -0.342. The number of hydrogen-bond acceptors (Lipinski definition) is 8. The highest BCUT2D eigenvalue weighted by Gasteiger charge is 2.19. The molecule has 9 heteroatoms. The molecule has 0 spiro atoms. The van der Waals surface area contributed by atoms with Gasteiger partial charge in [-0.1, -0.05) is 41.7 Å². The molecular weight excluding hydrogens is 502 g/mol. The van der Waals surface area contributed by atoms with Gasteiger partial charge in [-0.3, -0.25) is 4.79 Å². The Morgan fingerprint density at radius 2 is 1.81 bits per heavy atom. The van der Waals surface area contributed by atoms with Gasteiger partial charge in [0.15, 0.2) is 11.7 Å². The van der Waals surface area contributed by atoms with Gasteiger partial charge < -0.3 is 9.64 Å². The first kappa shape index (κ1) is 24.7. The van der Waals surface area contributed by atoms with Gasteiger partial charge in [-0.25, -0.2) is 10.4 Å². The van der Waals surface area contributed by atoms with E-state index in [9.17, 15) is 4.79 Å². The molecule has 2 aromatic heterocycles. The van der Waals surface area contributed by atoms with Crippen molar-refractivity contribution in [2.45, 2.75) is 19.3 Å². The van der Waals surface area contributed by atoms with E-state index in [1.165, 1.54) is 19.3 Å². The van der Waals surface area contributed by atoms with Crippen molar-refractivity contribution in [3.63, 3.8) is 0 Å². The van der Waals surface area contributed by atoms with Crippen molar-refractivity contribution in [2.24, 2.45) is 5.10 Å². The molecule has 37 heavy (non-hydrogen) atoms. The lowest BCUT2D eigenvalue weighted by Crippen LogP contribution is -2.29. The van der Waals surface area contributed by atoms with E-state index in [1.807, 2.05) is 47.8 Å². The van der Waals surface area contributed by atoms with E-state index in [1.54, 1.807) is 41.0 Å². The van der Waals surface area contributed by atoms with Gasteiger partial charge >= 0.3 is 0 Å². The number of thiazole rings is 1. The first-order valence-electron chi connectivity index (χ1n) is 12.0. The van der Waals surface area contributed by atoms with E-state index in [-0.39, 0.29) is 12.5 Å². The second-order valence-corrected chi connectivity index (χ2v) is 10.5. The summed E-state index contributed by atoms with van der Waals surface area (Å²) in [5.41, 5.74) is 6.09. The fraction of sp³-hybridized carbons (Fsp3) is 0.214. The van der Waals surface area contributed by atoms with Gasteiger partial charge in [-0.05, 0) is 66.1 Å². The third kappa shape index (κ3) is 6.23. The Morgan fingerprint density at radius 3 is 2.49 bits per heavy atom. The molecule has 1 saturated heterocycles. The summed E-state index contributed by atoms with van der Waals surface area (Å²) in [7, 11) is 0. The smallest absolute Gasteiger partial charge is 0.277 e. The summed E-state index contributed by atoms with van der Waals surface area (Å²) in [6.07, 6.45) is 5.31. The van der Waals surface area contributed by atoms with Gasteiger partial charge in [0.25, 0.3) is 5.91 Å². The summed E-state index contributed by atoms with van der Waals surface area (Å²) in [5, 5.41) is 16.2. The third-order valence-electron chi connectivity index (χ3n) is 5.97. The molecule has 1 amide bonds. The van der Waals surface area contributed by atoms with Crippen molar-refractivity contribution in [3.05, 3.63) is 76.5 Å². The van der Waals surface area contributed by atoms with Crippen LogP contribution in [-0.4, -0.2) is 36.8 Å². The van der Waals surface area contributed by atoms with Gasteiger partial charge in [0.1, 0.15) is 11.4 Å². The highest BCUT2D eigenvalue weighted by molar-refractivity contribution is 7.18. The molecule has 2 aromatic carbocycles. The van der Waals surface area contributed by atoms with Crippen molar-refractivity contribution in [1.29, 1.82) is 5.26 Å². The highest BCUT2D eigenvalue weighted by atomic mass is 32.1. The number of anilines is 1. The maximum Gasteiger partial charge on any atom is 0.277 e. The van der Waals surface area contributed by atoms with Crippen molar-refractivity contribution >= 4 is 39.9 Å². The second kappa shape index (κ2) is 11.8. The standard InChI is InChI=1S/C28H25N5O2S2/c29-17-20-6-8-21(9-7-20)22-10-12-23(13-11-22)35-19-26(34)32-30-18-25-27(24-5-4-16-36-24)31-28(37-25)33-14-2-1-3-15-33/h4-13,16,18H,1-3,14-15,19H2,(H,32,34). The SMILES string of the molecule is N#Cc1ccc(-c2ccc(OCC(=O)NN=Cc3sc(N4CCCCC4)nc3-c3cccs3)cc2)cc1. The van der Waals surface area contributed by atoms with E-state index in [4.69, 9.17) is 15.0 Å². The maximum absolute atomic E-state index is 12.3. The van der Waals surface area contributed by atoms with E-state index in [0.29, 0.717) is 11.3 Å². The van der Waals surface area contributed by atoms with Gasteiger partial charge in [-0.15, -0.1) is 11.3 Å². The minimum absolute atomic E-state index is 0.146. The second-order valence-electron chi connectivity index (χ2n) is 8.53. The molecule has 1 aliphatic rings. The molecule has 1 fully saturated rings. The summed E-state index contributed by atoms with van der Waals surface area (Å²) < 4.78 is 5.62. The molecule has 0 atom stereocenters. The molecule has 0 radical (unpaired) electrons. The predicted octanol–water partition coefficient (Wildman–Crippen LogP) is 5.93. The molecule has 0 unspecified atom stereocenters. The number of nitrogens with one attached hydrogen (secondary N) is 1. The quantitative estimate of drug-likeness (QED) is 0.227. The molecule has 5 rings (SSSR count). The van der Waals surface area contributed by atoms with Crippen LogP contribution in [0.5, 0.6) is 5.75 Å². The average Bonchev–Trinajstić information content (AvgIpc) is 3.63. The number of nitrogens with zero attached hydrogens (tertiary/aromatic N) is 4. The number of thiophene rings is 1. The number of piperidine rings is 1. The molecule has 1 aliphatic heterocycles. The summed E-state index contributed by atoms with van der Waals surface area (Å²) in [4.78, 5) is 21.6. The molecule has 7 nitrogen and oxygen atoms in total. The number of benzene rings is 2. The first-order chi connectivity index (χ1) is 18.2. The van der Waals surface area contributed by atoms with Crippen LogP contribution in [0.2, 0.25) is 0 Å². The van der Waals surface area contributed by atoms with E-state index in [0.717, 1.165) is 44.8 Å². The Labute approximate surface area is 223 Å². The van der Waals surface area contributed by atoms with E-state index < -0.39 is 0 Å². The van der Waals surface area contributed by atoms with Crippen LogP contribution in [0.4, 0.5) is 5.13 Å². The zero-order valence-corrected chi connectivity index (χ0v) is 21.7. The fourth-order valence-electron chi connectivity index (χ4n) is 4.04. The summed E-state index contributed by atoms with van der Waals surface area (Å²) in [6.45, 7) is 1.90. The molecule has 0 aliphatic carbocycles. The number of rotatable bonds is 8. The van der Waals surface area contributed by atoms with Gasteiger partial charge in [-0.2, -0.15) is 10.4 Å². The lowest BCUT2D eigenvalue weighted by molar-refractivity contribution is -0.123. The Morgan fingerprint density at radius 1 is 1.08 bits per heavy atom. The lowest BCUT2D eigenvalue weighted by Gasteiger charge is -2.25. The Kier molecular flexibility index (Phi) is 7.89. The van der Waals surface area contributed by atoms with Crippen LogP contribution < -0.4 is 15.1 Å². The fourth-order valence-corrected chi connectivity index (χ4v) is 5.84. The van der Waals surface area contributed by atoms with Crippen molar-refractivity contribution in [2.75, 3.05) is 24.6 Å². The predicted molar refractivity (Wildman–Crippen MR) is 149 cm³/mol. The van der Waals surface area contributed by atoms with E-state index >= 15 is 0 Å². The monoisotopic (exact) mass is 527 g/mol. The largest absolute Gasteiger partial charge is 0.484 e. The van der Waals surface area contributed by atoms with Crippen LogP contribution in [0, 0.1) is 11.3 Å². The highest BCUT2D eigenvalue weighted by Crippen LogP contribution is 2.35. The van der Waals surface area contributed by atoms with Gasteiger partial charge in [0, 0.05) is 13.1 Å². The van der Waals surface area contributed by atoms with Crippen LogP contribution >= 0.6 is 22.7 Å². The van der Waals surface area contributed by atoms with Crippen LogP contribution in [0.15, 0.2) is 71.1 Å². The van der Waals surface area contributed by atoms with Crippen molar-refractivity contribution in [3.8, 4) is 33.5 Å². The number of carbonyl (C=O) groups excluding carboxylic acids is 1. The molecule has 186 valence electrons. The first-order valence-corrected chi connectivity index (χ1v) is 13.7. The topological polar surface area (TPSA) is 90.6 Å². The van der Waals surface area contributed by atoms with Gasteiger partial charge in [0.05, 0.1) is 27.6 Å². The molecule has 4 aromatic rings. The van der Waals surface area contributed by atoms with Crippen LogP contribution in [0.25, 0.3) is 21.7 Å². The third-order valence-corrected chi connectivity index (χ3v) is 7.89. The van der Waals surface area contributed by atoms with Crippen LogP contribution in [0.1, 0.15) is 29.7 Å². The number of nitriles is 1. The molecular formula is C28H25N5O2S2. The maximum atomic E-state index is 12.3. The van der Waals surface area contributed by atoms with Crippen LogP contribution in [-0.2, 0) is 4.79 Å². The molecule has 0 saturated carbocycles. The zero-order valence-electron chi connectivity index (χ0n) is 20.1. The summed E-state index contributed by atoms with van der Waals surface area (Å²) in [6, 6.07) is 21.0. The Balaban J connectivity index is 1.18. The van der Waals surface area contributed by atoms with E-state index in [2.05, 4.69) is 27.6 Å². The van der Waals surface area contributed by atoms with Crippen LogP contribution in [0.3, 0.4) is 0 Å². The Hall–Kier alpha value is -4.00.